The highest BCUT2D eigenvalue weighted by Gasteiger charge is 2.34. The molecule has 8 nitrogen and oxygen atoms in total. The van der Waals surface area contributed by atoms with Gasteiger partial charge in [-0.15, -0.1) is 0 Å². The maximum atomic E-state index is 12.3. The summed E-state index contributed by atoms with van der Waals surface area (Å²) in [5, 5.41) is 9.72. The number of aromatic amines is 1. The van der Waals surface area contributed by atoms with Gasteiger partial charge in [-0.1, -0.05) is 53.8 Å². The van der Waals surface area contributed by atoms with E-state index >= 15 is 0 Å². The van der Waals surface area contributed by atoms with Crippen LogP contribution in [0.25, 0.3) is 0 Å². The van der Waals surface area contributed by atoms with Crippen molar-refractivity contribution in [3.63, 3.8) is 0 Å². The zero-order valence-corrected chi connectivity index (χ0v) is 19.8. The Balaban J connectivity index is 1.19. The molecule has 1 fully saturated rings. The van der Waals surface area contributed by atoms with Gasteiger partial charge in [0, 0.05) is 6.42 Å². The van der Waals surface area contributed by atoms with Gasteiger partial charge in [0.05, 0.1) is 30.7 Å². The average Bonchev–Trinajstić information content (AvgIpc) is 3.37. The van der Waals surface area contributed by atoms with E-state index in [9.17, 15) is 14.7 Å². The molecule has 0 saturated carbocycles. The number of aromatic nitrogens is 1. The third kappa shape index (κ3) is 6.39. The number of hydrogen-bond donors (Lipinski definition) is 2. The van der Waals surface area contributed by atoms with Crippen LogP contribution in [0.5, 0.6) is 11.6 Å². The van der Waals surface area contributed by atoms with Crippen LogP contribution in [-0.4, -0.2) is 59.6 Å². The lowest BCUT2D eigenvalue weighted by Gasteiger charge is -2.22. The lowest BCUT2D eigenvalue weighted by Crippen LogP contribution is -2.38. The maximum absolute atomic E-state index is 12.3. The van der Waals surface area contributed by atoms with Crippen LogP contribution in [0, 0.1) is 0 Å². The molecule has 3 aromatic rings. The van der Waals surface area contributed by atoms with Gasteiger partial charge in [0.25, 0.3) is 0 Å². The molecule has 0 bridgehead atoms. The number of thiazole rings is 1. The minimum Gasteiger partial charge on any atom is -0.494 e. The summed E-state index contributed by atoms with van der Waals surface area (Å²) in [6.45, 7) is 3.67. The van der Waals surface area contributed by atoms with Crippen molar-refractivity contribution >= 4 is 17.4 Å². The SMILES string of the molecule is CC(COc1ccc(Cc2sc(=O)[nH]c2O)cc1)N1CC(COCCc2ccccc2)OC1=O. The molecule has 0 aliphatic carbocycles. The highest BCUT2D eigenvalue weighted by atomic mass is 32.1. The molecule has 180 valence electrons. The molecule has 1 aliphatic heterocycles. The topological polar surface area (TPSA) is 101 Å². The van der Waals surface area contributed by atoms with Crippen molar-refractivity contribution in [2.24, 2.45) is 0 Å². The monoisotopic (exact) mass is 484 g/mol. The average molecular weight is 485 g/mol. The number of amides is 1. The summed E-state index contributed by atoms with van der Waals surface area (Å²) in [4.78, 5) is 28.0. The van der Waals surface area contributed by atoms with Gasteiger partial charge in [0.1, 0.15) is 18.5 Å². The molecule has 1 aliphatic rings. The van der Waals surface area contributed by atoms with E-state index in [1.807, 2.05) is 49.4 Å². The standard InChI is InChI=1S/C25H28N2O6S/c1-17(15-32-20-9-7-19(8-10-20)13-22-23(28)26-24(29)34-22)27-14-21(33-25(27)30)16-31-12-11-18-5-3-2-4-6-18/h2-10,17,21,28H,11-16H2,1H3,(H,26,29). The van der Waals surface area contributed by atoms with Crippen molar-refractivity contribution in [2.75, 3.05) is 26.4 Å². The summed E-state index contributed by atoms with van der Waals surface area (Å²) in [7, 11) is 0. The lowest BCUT2D eigenvalue weighted by molar-refractivity contribution is 0.0472. The second-order valence-electron chi connectivity index (χ2n) is 8.24. The smallest absolute Gasteiger partial charge is 0.410 e. The predicted molar refractivity (Wildman–Crippen MR) is 129 cm³/mol. The van der Waals surface area contributed by atoms with E-state index in [-0.39, 0.29) is 29.0 Å². The normalized spacial score (nSPS) is 16.4. The molecule has 4 rings (SSSR count). The van der Waals surface area contributed by atoms with Crippen LogP contribution in [0.4, 0.5) is 4.79 Å². The number of aromatic hydroxyl groups is 1. The van der Waals surface area contributed by atoms with Crippen molar-refractivity contribution in [3.8, 4) is 11.6 Å². The van der Waals surface area contributed by atoms with Crippen LogP contribution < -0.4 is 9.61 Å². The van der Waals surface area contributed by atoms with E-state index in [0.717, 1.165) is 23.3 Å². The summed E-state index contributed by atoms with van der Waals surface area (Å²) in [5.41, 5.74) is 2.16. The number of rotatable bonds is 11. The highest BCUT2D eigenvalue weighted by molar-refractivity contribution is 7.09. The number of ether oxygens (including phenoxy) is 3. The fourth-order valence-corrected chi connectivity index (χ4v) is 4.46. The Morgan fingerprint density at radius 3 is 2.62 bits per heavy atom. The van der Waals surface area contributed by atoms with Crippen molar-refractivity contribution in [3.05, 3.63) is 80.3 Å². The van der Waals surface area contributed by atoms with E-state index in [4.69, 9.17) is 14.2 Å². The lowest BCUT2D eigenvalue weighted by atomic mass is 10.1. The molecule has 1 saturated heterocycles. The Hall–Kier alpha value is -3.30. The maximum Gasteiger partial charge on any atom is 0.410 e. The second-order valence-corrected chi connectivity index (χ2v) is 9.30. The number of carbonyl (C=O) groups excluding carboxylic acids is 1. The molecule has 0 spiro atoms. The van der Waals surface area contributed by atoms with Crippen LogP contribution in [0.1, 0.15) is 22.9 Å². The van der Waals surface area contributed by atoms with Gasteiger partial charge in [-0.05, 0) is 36.6 Å². The van der Waals surface area contributed by atoms with E-state index in [1.54, 1.807) is 4.90 Å². The molecule has 2 heterocycles. The first-order valence-electron chi connectivity index (χ1n) is 11.2. The van der Waals surface area contributed by atoms with Gasteiger partial charge in [-0.25, -0.2) is 4.79 Å². The Kier molecular flexibility index (Phi) is 7.87. The van der Waals surface area contributed by atoms with Gasteiger partial charge in [0.15, 0.2) is 0 Å². The van der Waals surface area contributed by atoms with E-state index in [2.05, 4.69) is 17.1 Å². The molecular weight excluding hydrogens is 456 g/mol. The Morgan fingerprint density at radius 1 is 1.15 bits per heavy atom. The van der Waals surface area contributed by atoms with Gasteiger partial charge in [-0.2, -0.15) is 0 Å². The van der Waals surface area contributed by atoms with Crippen LogP contribution >= 0.6 is 11.3 Å². The number of H-pyrrole nitrogens is 1. The summed E-state index contributed by atoms with van der Waals surface area (Å²) in [5.74, 6) is 0.594. The first-order chi connectivity index (χ1) is 16.5. The molecule has 2 unspecified atom stereocenters. The molecule has 2 atom stereocenters. The minimum atomic E-state index is -0.353. The largest absolute Gasteiger partial charge is 0.494 e. The molecule has 2 N–H and O–H groups in total. The minimum absolute atomic E-state index is 0.0819. The third-order valence-corrected chi connectivity index (χ3v) is 6.47. The second kappa shape index (κ2) is 11.2. The molecular formula is C25H28N2O6S. The van der Waals surface area contributed by atoms with Gasteiger partial charge < -0.3 is 19.3 Å². The quantitative estimate of drug-likeness (QED) is 0.404. The van der Waals surface area contributed by atoms with Gasteiger partial charge >= 0.3 is 11.0 Å². The van der Waals surface area contributed by atoms with Crippen molar-refractivity contribution in [2.45, 2.75) is 31.9 Å². The fourth-order valence-electron chi connectivity index (χ4n) is 3.71. The number of carbonyl (C=O) groups is 1. The van der Waals surface area contributed by atoms with Crippen LogP contribution in [0.2, 0.25) is 0 Å². The number of nitrogens with one attached hydrogen (secondary N) is 1. The van der Waals surface area contributed by atoms with Crippen molar-refractivity contribution in [1.82, 2.24) is 9.88 Å². The zero-order chi connectivity index (χ0) is 23.9. The summed E-state index contributed by atoms with van der Waals surface area (Å²) in [6, 6.07) is 17.4. The summed E-state index contributed by atoms with van der Waals surface area (Å²) < 4.78 is 17.0. The van der Waals surface area contributed by atoms with E-state index in [0.29, 0.717) is 43.4 Å². The van der Waals surface area contributed by atoms with Crippen molar-refractivity contribution in [1.29, 1.82) is 0 Å². The first-order valence-corrected chi connectivity index (χ1v) is 12.0. The van der Waals surface area contributed by atoms with Crippen LogP contribution in [0.15, 0.2) is 59.4 Å². The number of cyclic esters (lactones) is 1. The Morgan fingerprint density at radius 2 is 1.91 bits per heavy atom. The van der Waals surface area contributed by atoms with Crippen LogP contribution in [-0.2, 0) is 22.3 Å². The highest BCUT2D eigenvalue weighted by Crippen LogP contribution is 2.22. The summed E-state index contributed by atoms with van der Waals surface area (Å²) >= 11 is 0.996. The van der Waals surface area contributed by atoms with Crippen LogP contribution in [0.3, 0.4) is 0 Å². The number of hydrogen-bond acceptors (Lipinski definition) is 7. The molecule has 1 aromatic heterocycles. The number of nitrogens with zero attached hydrogens (tertiary/aromatic N) is 1. The summed E-state index contributed by atoms with van der Waals surface area (Å²) in [6.07, 6.45) is 0.639. The van der Waals surface area contributed by atoms with Gasteiger partial charge in [-0.3, -0.25) is 14.7 Å². The molecule has 9 heteroatoms. The van der Waals surface area contributed by atoms with E-state index < -0.39 is 0 Å². The molecule has 2 aromatic carbocycles. The molecule has 1 amide bonds. The van der Waals surface area contributed by atoms with Gasteiger partial charge in [0.2, 0.25) is 5.88 Å². The Labute approximate surface area is 201 Å². The molecule has 0 radical (unpaired) electrons. The fraction of sp³-hybridized carbons (Fsp3) is 0.360. The number of benzene rings is 2. The zero-order valence-electron chi connectivity index (χ0n) is 18.9. The first kappa shape index (κ1) is 23.8. The Bertz CT molecular complexity index is 1130. The predicted octanol–water partition coefficient (Wildman–Crippen LogP) is 3.58. The molecule has 34 heavy (non-hydrogen) atoms. The van der Waals surface area contributed by atoms with Crippen molar-refractivity contribution < 1.29 is 24.1 Å². The van der Waals surface area contributed by atoms with E-state index in [1.165, 1.54) is 5.56 Å². The third-order valence-electron chi connectivity index (χ3n) is 5.60.